The Morgan fingerprint density at radius 2 is 1.84 bits per heavy atom. The molecule has 32 heavy (non-hydrogen) atoms. The van der Waals surface area contributed by atoms with Crippen LogP contribution in [0.4, 0.5) is 0 Å². The van der Waals surface area contributed by atoms with Crippen LogP contribution in [-0.2, 0) is 22.5 Å². The van der Waals surface area contributed by atoms with Crippen LogP contribution >= 0.6 is 0 Å². The quantitative estimate of drug-likeness (QED) is 0.599. The van der Waals surface area contributed by atoms with Crippen molar-refractivity contribution in [3.05, 3.63) is 70.7 Å². The van der Waals surface area contributed by atoms with Gasteiger partial charge in [0.1, 0.15) is 0 Å². The summed E-state index contributed by atoms with van der Waals surface area (Å²) in [4.78, 5) is 25.4. The van der Waals surface area contributed by atoms with E-state index < -0.39 is 5.76 Å². The lowest BCUT2D eigenvalue weighted by molar-refractivity contribution is -0.133. The van der Waals surface area contributed by atoms with E-state index in [9.17, 15) is 9.59 Å². The molecule has 1 aliphatic heterocycles. The maximum absolute atomic E-state index is 13.1. The maximum Gasteiger partial charge on any atom is 0.420 e. The molecule has 1 fully saturated rings. The van der Waals surface area contributed by atoms with Gasteiger partial charge >= 0.3 is 5.76 Å². The molecule has 1 aliphatic rings. The number of oxazole rings is 1. The Morgan fingerprint density at radius 3 is 2.59 bits per heavy atom. The highest BCUT2D eigenvalue weighted by atomic mass is 16.5. The van der Waals surface area contributed by atoms with Gasteiger partial charge in [0.05, 0.1) is 11.1 Å². The molecule has 1 N–H and O–H groups in total. The van der Waals surface area contributed by atoms with E-state index in [2.05, 4.69) is 31.3 Å². The zero-order valence-electron chi connectivity index (χ0n) is 19.1. The highest BCUT2D eigenvalue weighted by Gasteiger charge is 2.42. The van der Waals surface area contributed by atoms with E-state index in [1.54, 1.807) is 10.6 Å². The summed E-state index contributed by atoms with van der Waals surface area (Å²) in [5.74, 6) is -0.397. The number of fused-ring (bicyclic) bond motifs is 1. The first-order valence-corrected chi connectivity index (χ1v) is 11.3. The van der Waals surface area contributed by atoms with Crippen LogP contribution < -0.4 is 11.1 Å². The van der Waals surface area contributed by atoms with E-state index in [1.807, 2.05) is 43.3 Å². The van der Waals surface area contributed by atoms with Gasteiger partial charge in [-0.3, -0.25) is 9.36 Å². The number of amides is 1. The molecule has 1 aromatic heterocycles. The number of para-hydroxylation sites is 2. The lowest BCUT2D eigenvalue weighted by atomic mass is 9.68. The first-order chi connectivity index (χ1) is 15.3. The summed E-state index contributed by atoms with van der Waals surface area (Å²) in [7, 11) is 0. The molecule has 3 aromatic rings. The molecule has 6 nitrogen and oxygen atoms in total. The lowest BCUT2D eigenvalue weighted by Gasteiger charge is -2.45. The van der Waals surface area contributed by atoms with Gasteiger partial charge in [-0.25, -0.2) is 4.79 Å². The smallest absolute Gasteiger partial charge is 0.408 e. The molecule has 0 aliphatic carbocycles. The molecule has 1 amide bonds. The molecule has 2 heterocycles. The van der Waals surface area contributed by atoms with Crippen LogP contribution in [0.1, 0.15) is 45.6 Å². The third kappa shape index (κ3) is 5.13. The molecule has 1 unspecified atom stereocenters. The normalized spacial score (nSPS) is 21.3. The molecule has 1 saturated heterocycles. The largest absolute Gasteiger partial charge is 0.420 e. The molecule has 4 rings (SSSR count). The van der Waals surface area contributed by atoms with Crippen LogP contribution in [0.25, 0.3) is 11.1 Å². The standard InChI is InChI=1S/C26H32N2O4/c1-19(17-28-21-11-7-8-12-22(21)32-24(28)30)27-23(29)16-26(13-14-31-25(2,3)18-26)15-20-9-5-4-6-10-20/h4-12,19H,13-18H2,1-3H3,(H,27,29)/t19-,26?/m1/s1. The second-order valence-corrected chi connectivity index (χ2v) is 9.79. The Morgan fingerprint density at radius 1 is 1.12 bits per heavy atom. The third-order valence-electron chi connectivity index (χ3n) is 6.32. The fourth-order valence-electron chi connectivity index (χ4n) is 5.15. The molecule has 2 atom stereocenters. The number of benzene rings is 2. The van der Waals surface area contributed by atoms with Gasteiger partial charge in [-0.1, -0.05) is 42.5 Å². The first-order valence-electron chi connectivity index (χ1n) is 11.3. The number of hydrogen-bond donors (Lipinski definition) is 1. The van der Waals surface area contributed by atoms with Gasteiger partial charge in [-0.2, -0.15) is 0 Å². The summed E-state index contributed by atoms with van der Waals surface area (Å²) in [5.41, 5.74) is 2.11. The third-order valence-corrected chi connectivity index (χ3v) is 6.32. The van der Waals surface area contributed by atoms with Crippen molar-refractivity contribution in [1.82, 2.24) is 9.88 Å². The zero-order valence-corrected chi connectivity index (χ0v) is 19.1. The summed E-state index contributed by atoms with van der Waals surface area (Å²) >= 11 is 0. The van der Waals surface area contributed by atoms with Crippen molar-refractivity contribution < 1.29 is 13.9 Å². The predicted octanol–water partition coefficient (Wildman–Crippen LogP) is 4.31. The highest BCUT2D eigenvalue weighted by molar-refractivity contribution is 5.77. The van der Waals surface area contributed by atoms with Crippen LogP contribution in [0.15, 0.2) is 63.8 Å². The van der Waals surface area contributed by atoms with Crippen molar-refractivity contribution in [2.45, 2.75) is 64.6 Å². The minimum absolute atomic E-state index is 0.00646. The zero-order chi connectivity index (χ0) is 22.8. The number of ether oxygens (including phenoxy) is 1. The average Bonchev–Trinajstić information content (AvgIpc) is 3.02. The molecular weight excluding hydrogens is 404 g/mol. The monoisotopic (exact) mass is 436 g/mol. The van der Waals surface area contributed by atoms with Gasteiger partial charge in [-0.15, -0.1) is 0 Å². The number of carbonyl (C=O) groups excluding carboxylic acids is 1. The Kier molecular flexibility index (Phi) is 6.24. The Bertz CT molecular complexity index is 1130. The van der Waals surface area contributed by atoms with Gasteiger partial charge in [0, 0.05) is 25.6 Å². The Balaban J connectivity index is 1.47. The molecular formula is C26H32N2O4. The topological polar surface area (TPSA) is 73.5 Å². The van der Waals surface area contributed by atoms with E-state index >= 15 is 0 Å². The molecule has 0 radical (unpaired) electrons. The summed E-state index contributed by atoms with van der Waals surface area (Å²) < 4.78 is 12.9. The minimum atomic E-state index is -0.404. The summed E-state index contributed by atoms with van der Waals surface area (Å²) in [6.07, 6.45) is 2.94. The van der Waals surface area contributed by atoms with E-state index in [0.29, 0.717) is 25.2 Å². The molecule has 170 valence electrons. The fourth-order valence-corrected chi connectivity index (χ4v) is 5.15. The van der Waals surface area contributed by atoms with E-state index in [4.69, 9.17) is 9.15 Å². The number of carbonyl (C=O) groups is 1. The van der Waals surface area contributed by atoms with Crippen LogP contribution in [0.5, 0.6) is 0 Å². The van der Waals surface area contributed by atoms with Crippen molar-refractivity contribution >= 4 is 17.0 Å². The number of rotatable bonds is 7. The van der Waals surface area contributed by atoms with Crippen molar-refractivity contribution in [3.63, 3.8) is 0 Å². The van der Waals surface area contributed by atoms with Crippen LogP contribution in [0.2, 0.25) is 0 Å². The van der Waals surface area contributed by atoms with E-state index in [1.165, 1.54) is 5.56 Å². The summed E-state index contributed by atoms with van der Waals surface area (Å²) in [6.45, 7) is 7.14. The van der Waals surface area contributed by atoms with Gasteiger partial charge in [-0.05, 0) is 63.1 Å². The fraction of sp³-hybridized carbons (Fsp3) is 0.462. The van der Waals surface area contributed by atoms with Crippen molar-refractivity contribution in [1.29, 1.82) is 0 Å². The van der Waals surface area contributed by atoms with Gasteiger partial charge in [0.2, 0.25) is 5.91 Å². The van der Waals surface area contributed by atoms with Crippen LogP contribution in [0.3, 0.4) is 0 Å². The van der Waals surface area contributed by atoms with Crippen molar-refractivity contribution in [3.8, 4) is 0 Å². The van der Waals surface area contributed by atoms with Crippen molar-refractivity contribution in [2.75, 3.05) is 6.61 Å². The molecule has 6 heteroatoms. The number of aromatic nitrogens is 1. The predicted molar refractivity (Wildman–Crippen MR) is 125 cm³/mol. The number of nitrogens with one attached hydrogen (secondary N) is 1. The Labute approximate surface area is 188 Å². The second-order valence-electron chi connectivity index (χ2n) is 9.79. The maximum atomic E-state index is 13.1. The van der Waals surface area contributed by atoms with E-state index in [0.717, 1.165) is 24.8 Å². The second kappa shape index (κ2) is 8.94. The van der Waals surface area contributed by atoms with Gasteiger partial charge < -0.3 is 14.5 Å². The van der Waals surface area contributed by atoms with E-state index in [-0.39, 0.29) is 23.0 Å². The van der Waals surface area contributed by atoms with Crippen molar-refractivity contribution in [2.24, 2.45) is 5.41 Å². The summed E-state index contributed by atoms with van der Waals surface area (Å²) in [5, 5.41) is 3.11. The van der Waals surface area contributed by atoms with Gasteiger partial charge in [0.25, 0.3) is 0 Å². The average molecular weight is 437 g/mol. The van der Waals surface area contributed by atoms with Crippen LogP contribution in [0, 0.1) is 5.41 Å². The Hall–Kier alpha value is -2.86. The highest BCUT2D eigenvalue weighted by Crippen LogP contribution is 2.44. The number of hydrogen-bond acceptors (Lipinski definition) is 4. The SMILES string of the molecule is C[C@H](Cn1c(=O)oc2ccccc21)NC(=O)CC1(Cc2ccccc2)CCOC(C)(C)C1. The first kappa shape index (κ1) is 22.3. The summed E-state index contributed by atoms with van der Waals surface area (Å²) in [6, 6.07) is 17.5. The molecule has 0 spiro atoms. The lowest BCUT2D eigenvalue weighted by Crippen LogP contribution is -2.46. The molecule has 0 bridgehead atoms. The molecule has 0 saturated carbocycles. The molecule has 2 aromatic carbocycles. The minimum Gasteiger partial charge on any atom is -0.408 e. The van der Waals surface area contributed by atoms with Gasteiger partial charge in [0.15, 0.2) is 5.58 Å². The van der Waals surface area contributed by atoms with Crippen LogP contribution in [-0.4, -0.2) is 28.7 Å². The number of nitrogens with zero attached hydrogens (tertiary/aromatic N) is 1.